The first-order valence-electron chi connectivity index (χ1n) is 16.5. The lowest BCUT2D eigenvalue weighted by Gasteiger charge is -2.31. The molecule has 1 heterocycles. The van der Waals surface area contributed by atoms with Crippen molar-refractivity contribution in [3.63, 3.8) is 0 Å². The van der Waals surface area contributed by atoms with Crippen LogP contribution in [0.5, 0.6) is 0 Å². The summed E-state index contributed by atoms with van der Waals surface area (Å²) in [7, 11) is 0. The molecule has 1 aliphatic rings. The Morgan fingerprint density at radius 3 is 1.90 bits per heavy atom. The number of furan rings is 1. The molecule has 0 aliphatic heterocycles. The monoisotopic (exact) mass is 616 g/mol. The van der Waals surface area contributed by atoms with Crippen LogP contribution in [0, 0.1) is 28.6 Å². The number of nitrogens with zero attached hydrogens (tertiary/aromatic N) is 2. The van der Waals surface area contributed by atoms with Crippen molar-refractivity contribution in [2.24, 2.45) is 5.92 Å². The summed E-state index contributed by atoms with van der Waals surface area (Å²) in [6.45, 7) is 0. The maximum absolute atomic E-state index is 9.68. The summed E-state index contributed by atoms with van der Waals surface area (Å²) in [5, 5.41) is 21.5. The van der Waals surface area contributed by atoms with E-state index < -0.39 is 0 Å². The average Bonchev–Trinajstić information content (AvgIpc) is 3.55. The van der Waals surface area contributed by atoms with E-state index >= 15 is 0 Å². The zero-order valence-electron chi connectivity index (χ0n) is 26.4. The first-order valence-corrected chi connectivity index (χ1v) is 16.5. The maximum Gasteiger partial charge on any atom is 0.143 e. The van der Waals surface area contributed by atoms with Gasteiger partial charge in [0.15, 0.2) is 0 Å². The summed E-state index contributed by atoms with van der Waals surface area (Å²) in [5.74, 6) is 0.839. The van der Waals surface area contributed by atoms with Gasteiger partial charge in [0.05, 0.1) is 23.3 Å². The predicted octanol–water partition coefficient (Wildman–Crippen LogP) is 11.7. The molecule has 8 rings (SSSR count). The molecule has 1 aliphatic carbocycles. The summed E-state index contributed by atoms with van der Waals surface area (Å²) >= 11 is 0. The zero-order valence-corrected chi connectivity index (χ0v) is 26.4. The molecule has 0 radical (unpaired) electrons. The summed E-state index contributed by atoms with van der Waals surface area (Å²) in [4.78, 5) is 0. The van der Waals surface area contributed by atoms with Crippen LogP contribution >= 0.6 is 0 Å². The van der Waals surface area contributed by atoms with E-state index in [0.29, 0.717) is 23.0 Å². The lowest BCUT2D eigenvalue weighted by molar-refractivity contribution is 0.433. The van der Waals surface area contributed by atoms with Crippen molar-refractivity contribution in [2.45, 2.75) is 25.2 Å². The topological polar surface area (TPSA) is 60.7 Å². The number of nitriles is 2. The van der Waals surface area contributed by atoms with Crippen molar-refractivity contribution >= 4 is 27.5 Å². The normalized spacial score (nSPS) is 14.5. The number of rotatable bonds is 6. The molecule has 1 unspecified atom stereocenters. The molecule has 3 nitrogen and oxygen atoms in total. The van der Waals surface area contributed by atoms with Crippen LogP contribution in [0.4, 0.5) is 0 Å². The Morgan fingerprint density at radius 1 is 0.604 bits per heavy atom. The Bertz CT molecular complexity index is 2360. The van der Waals surface area contributed by atoms with E-state index in [0.717, 1.165) is 63.5 Å². The average molecular weight is 617 g/mol. The van der Waals surface area contributed by atoms with Crippen molar-refractivity contribution in [3.8, 4) is 34.4 Å². The third kappa shape index (κ3) is 5.37. The molecule has 0 bridgehead atoms. The van der Waals surface area contributed by atoms with Gasteiger partial charge in [-0.25, -0.2) is 0 Å². The number of hydrogen-bond acceptors (Lipinski definition) is 3. The Morgan fingerprint density at radius 2 is 1.25 bits per heavy atom. The van der Waals surface area contributed by atoms with E-state index in [1.54, 1.807) is 0 Å². The molecule has 0 spiro atoms. The highest BCUT2D eigenvalue weighted by Gasteiger charge is 2.28. The SMILES string of the molecule is N#Cc1cccc(-c2cc(-c3cccc(C#N)c3)c3oc4cccc(C5=CCC(C(c6ccccc6)c6ccccc6)CC5)c4c3c2)c1. The van der Waals surface area contributed by atoms with Crippen molar-refractivity contribution in [1.82, 2.24) is 0 Å². The molecule has 0 amide bonds. The van der Waals surface area contributed by atoms with Crippen molar-refractivity contribution in [1.29, 1.82) is 10.5 Å². The molecule has 0 saturated carbocycles. The van der Waals surface area contributed by atoms with Crippen LogP contribution in [0.3, 0.4) is 0 Å². The fraction of sp³-hybridized carbons (Fsp3) is 0.111. The summed E-state index contributed by atoms with van der Waals surface area (Å²) in [6.07, 6.45) is 5.52. The molecule has 3 heteroatoms. The lowest BCUT2D eigenvalue weighted by atomic mass is 9.73. The Balaban J connectivity index is 1.27. The van der Waals surface area contributed by atoms with E-state index in [2.05, 4.69) is 109 Å². The molecular weight excluding hydrogens is 585 g/mol. The molecule has 1 aromatic heterocycles. The van der Waals surface area contributed by atoms with Gasteiger partial charge in [-0.1, -0.05) is 103 Å². The molecule has 228 valence electrons. The second-order valence-electron chi connectivity index (χ2n) is 12.6. The van der Waals surface area contributed by atoms with E-state index in [1.165, 1.54) is 22.3 Å². The van der Waals surface area contributed by atoms with Crippen LogP contribution in [0.15, 0.2) is 150 Å². The summed E-state index contributed by atoms with van der Waals surface area (Å²) in [5.41, 5.74) is 12.0. The fourth-order valence-corrected chi connectivity index (χ4v) is 7.56. The molecular formula is C45H32N2O. The highest BCUT2D eigenvalue weighted by molar-refractivity contribution is 6.15. The number of hydrogen-bond donors (Lipinski definition) is 0. The van der Waals surface area contributed by atoms with Gasteiger partial charge in [-0.2, -0.15) is 10.5 Å². The van der Waals surface area contributed by atoms with Crippen LogP contribution in [0.1, 0.15) is 53.0 Å². The maximum atomic E-state index is 9.68. The number of fused-ring (bicyclic) bond motifs is 3. The first-order chi connectivity index (χ1) is 23.7. The van der Waals surface area contributed by atoms with Crippen LogP contribution in [0.2, 0.25) is 0 Å². The molecule has 0 N–H and O–H groups in total. The van der Waals surface area contributed by atoms with Crippen LogP contribution in [-0.2, 0) is 0 Å². The van der Waals surface area contributed by atoms with Gasteiger partial charge in [0.1, 0.15) is 11.2 Å². The zero-order chi connectivity index (χ0) is 32.5. The first kappa shape index (κ1) is 29.3. The van der Waals surface area contributed by atoms with Gasteiger partial charge in [0.25, 0.3) is 0 Å². The van der Waals surface area contributed by atoms with E-state index in [1.807, 2.05) is 48.5 Å². The number of allylic oxidation sites excluding steroid dienone is 2. The largest absolute Gasteiger partial charge is 0.455 e. The Kier molecular flexibility index (Phi) is 7.66. The Hall–Kier alpha value is -6.16. The quantitative estimate of drug-likeness (QED) is 0.187. The second-order valence-corrected chi connectivity index (χ2v) is 12.6. The molecule has 48 heavy (non-hydrogen) atoms. The van der Waals surface area contributed by atoms with Gasteiger partial charge in [0, 0.05) is 22.3 Å². The second kappa shape index (κ2) is 12.6. The van der Waals surface area contributed by atoms with E-state index in [4.69, 9.17) is 4.42 Å². The fourth-order valence-electron chi connectivity index (χ4n) is 7.56. The highest BCUT2D eigenvalue weighted by atomic mass is 16.3. The van der Waals surface area contributed by atoms with Crippen molar-refractivity contribution < 1.29 is 4.42 Å². The van der Waals surface area contributed by atoms with Crippen LogP contribution in [0.25, 0.3) is 49.8 Å². The van der Waals surface area contributed by atoms with E-state index in [9.17, 15) is 10.5 Å². The molecule has 0 fully saturated rings. The molecule has 7 aromatic rings. The van der Waals surface area contributed by atoms with Crippen molar-refractivity contribution in [2.75, 3.05) is 0 Å². The third-order valence-electron chi connectivity index (χ3n) is 9.81. The van der Waals surface area contributed by atoms with Crippen molar-refractivity contribution in [3.05, 3.63) is 173 Å². The van der Waals surface area contributed by atoms with Gasteiger partial charge in [-0.15, -0.1) is 0 Å². The lowest BCUT2D eigenvalue weighted by Crippen LogP contribution is -2.17. The molecule has 6 aromatic carbocycles. The predicted molar refractivity (Wildman–Crippen MR) is 194 cm³/mol. The number of benzene rings is 6. The molecule has 0 saturated heterocycles. The smallest absolute Gasteiger partial charge is 0.143 e. The minimum Gasteiger partial charge on any atom is -0.455 e. The minimum atomic E-state index is 0.342. The Labute approximate surface area is 280 Å². The highest BCUT2D eigenvalue weighted by Crippen LogP contribution is 2.46. The third-order valence-corrected chi connectivity index (χ3v) is 9.81. The van der Waals surface area contributed by atoms with Crippen LogP contribution in [-0.4, -0.2) is 0 Å². The van der Waals surface area contributed by atoms with Gasteiger partial charge in [-0.05, 0) is 107 Å². The standard InChI is InChI=1S/C45H32N2O/c46-28-30-10-7-16-36(24-30)38-26-40(37-17-8-11-31(25-37)29-47)45-41(27-38)44-39(18-9-19-42(44)48-45)32-20-22-35(23-21-32)43(33-12-3-1-4-13-33)34-14-5-2-6-15-34/h1-20,24-27,35,43H,21-23H2. The minimum absolute atomic E-state index is 0.342. The van der Waals surface area contributed by atoms with Gasteiger partial charge >= 0.3 is 0 Å². The summed E-state index contributed by atoms with van der Waals surface area (Å²) < 4.78 is 6.69. The van der Waals surface area contributed by atoms with Gasteiger partial charge in [0.2, 0.25) is 0 Å². The summed E-state index contributed by atoms with van der Waals surface area (Å²) in [6, 6.07) is 52.5. The molecule has 1 atom stereocenters. The van der Waals surface area contributed by atoms with E-state index in [-0.39, 0.29) is 0 Å². The van der Waals surface area contributed by atoms with Crippen LogP contribution < -0.4 is 0 Å². The van der Waals surface area contributed by atoms with Gasteiger partial charge < -0.3 is 4.42 Å². The van der Waals surface area contributed by atoms with Gasteiger partial charge in [-0.3, -0.25) is 0 Å².